The first-order chi connectivity index (χ1) is 8.56. The smallest absolute Gasteiger partial charge is 0.256 e. The van der Waals surface area contributed by atoms with Gasteiger partial charge in [-0.1, -0.05) is 17.7 Å². The molecule has 0 spiro atoms. The maximum absolute atomic E-state index is 12.0. The molecule has 0 saturated heterocycles. The topological polar surface area (TPSA) is 54.9 Å². The molecule has 1 amide bonds. The Labute approximate surface area is 110 Å². The van der Waals surface area contributed by atoms with E-state index in [1.165, 1.54) is 12.4 Å². The monoisotopic (exact) mass is 261 g/mol. The lowest BCUT2D eigenvalue weighted by molar-refractivity contribution is 0.102. The Bertz CT molecular complexity index is 599. The molecular formula is C13H12ClN3O. The number of halogens is 1. The molecular weight excluding hydrogens is 250 g/mol. The van der Waals surface area contributed by atoms with Gasteiger partial charge in [-0.3, -0.25) is 9.78 Å². The molecule has 0 atom stereocenters. The predicted octanol–water partition coefficient (Wildman–Crippen LogP) is 3.00. The highest BCUT2D eigenvalue weighted by molar-refractivity contribution is 6.29. The van der Waals surface area contributed by atoms with E-state index in [0.717, 1.165) is 11.1 Å². The van der Waals surface area contributed by atoms with Gasteiger partial charge in [0.15, 0.2) is 5.82 Å². The minimum absolute atomic E-state index is 0.227. The highest BCUT2D eigenvalue weighted by atomic mass is 35.5. The zero-order chi connectivity index (χ0) is 13.1. The number of benzene rings is 1. The Kier molecular flexibility index (Phi) is 3.58. The Morgan fingerprint density at radius 1 is 1.22 bits per heavy atom. The van der Waals surface area contributed by atoms with Gasteiger partial charge in [0.1, 0.15) is 5.15 Å². The molecule has 0 aliphatic heterocycles. The van der Waals surface area contributed by atoms with Crippen LogP contribution in [0.15, 0.2) is 30.6 Å². The minimum Gasteiger partial charge on any atom is -0.305 e. The van der Waals surface area contributed by atoms with E-state index in [2.05, 4.69) is 15.3 Å². The number of carbonyl (C=O) groups is 1. The molecule has 92 valence electrons. The van der Waals surface area contributed by atoms with Crippen LogP contribution in [0.3, 0.4) is 0 Å². The van der Waals surface area contributed by atoms with Crippen molar-refractivity contribution in [1.29, 1.82) is 0 Å². The lowest BCUT2D eigenvalue weighted by atomic mass is 10.1. The summed E-state index contributed by atoms with van der Waals surface area (Å²) >= 11 is 5.70. The highest BCUT2D eigenvalue weighted by Crippen LogP contribution is 2.12. The van der Waals surface area contributed by atoms with E-state index in [4.69, 9.17) is 11.6 Å². The van der Waals surface area contributed by atoms with Gasteiger partial charge < -0.3 is 5.32 Å². The molecule has 4 nitrogen and oxygen atoms in total. The highest BCUT2D eigenvalue weighted by Gasteiger charge is 2.08. The molecule has 1 aromatic heterocycles. The first-order valence-corrected chi connectivity index (χ1v) is 5.80. The fourth-order valence-corrected chi connectivity index (χ4v) is 1.62. The van der Waals surface area contributed by atoms with Crippen LogP contribution >= 0.6 is 11.6 Å². The average molecular weight is 262 g/mol. The number of carbonyl (C=O) groups excluding carboxylic acids is 1. The van der Waals surface area contributed by atoms with Crippen LogP contribution in [-0.2, 0) is 0 Å². The molecule has 1 N–H and O–H groups in total. The van der Waals surface area contributed by atoms with Crippen LogP contribution < -0.4 is 5.32 Å². The second kappa shape index (κ2) is 5.14. The normalized spacial score (nSPS) is 10.2. The zero-order valence-electron chi connectivity index (χ0n) is 10.1. The molecule has 18 heavy (non-hydrogen) atoms. The number of rotatable bonds is 2. The quantitative estimate of drug-likeness (QED) is 0.904. The van der Waals surface area contributed by atoms with Gasteiger partial charge in [0.05, 0.1) is 12.4 Å². The summed E-state index contributed by atoms with van der Waals surface area (Å²) in [4.78, 5) is 19.8. The molecule has 0 radical (unpaired) electrons. The van der Waals surface area contributed by atoms with E-state index >= 15 is 0 Å². The Balaban J connectivity index is 2.19. The summed E-state index contributed by atoms with van der Waals surface area (Å²) in [5, 5.41) is 2.89. The number of nitrogens with one attached hydrogen (secondary N) is 1. The van der Waals surface area contributed by atoms with Crippen LogP contribution in [0, 0.1) is 13.8 Å². The summed E-state index contributed by atoms with van der Waals surface area (Å²) in [5.41, 5.74) is 2.80. The van der Waals surface area contributed by atoms with Crippen LogP contribution in [0.5, 0.6) is 0 Å². The van der Waals surface area contributed by atoms with Crippen molar-refractivity contribution in [2.24, 2.45) is 0 Å². The molecule has 0 aliphatic carbocycles. The van der Waals surface area contributed by atoms with Crippen LogP contribution in [0.2, 0.25) is 5.15 Å². The standard InChI is InChI=1S/C13H12ClN3O/c1-8-3-4-10(5-9(8)2)13(18)17-12-7-15-6-11(14)16-12/h3-7H,1-2H3,(H,16,17,18). The fraction of sp³-hybridized carbons (Fsp3) is 0.154. The Morgan fingerprint density at radius 2 is 2.00 bits per heavy atom. The second-order valence-electron chi connectivity index (χ2n) is 3.98. The molecule has 5 heteroatoms. The summed E-state index contributed by atoms with van der Waals surface area (Å²) in [6.45, 7) is 3.96. The molecule has 2 rings (SSSR count). The van der Waals surface area contributed by atoms with Crippen LogP contribution in [0.25, 0.3) is 0 Å². The van der Waals surface area contributed by atoms with Crippen molar-refractivity contribution in [3.8, 4) is 0 Å². The van der Waals surface area contributed by atoms with Gasteiger partial charge in [0.2, 0.25) is 0 Å². The number of hydrogen-bond acceptors (Lipinski definition) is 3. The SMILES string of the molecule is Cc1ccc(C(=O)Nc2cncc(Cl)n2)cc1C. The molecule has 2 aromatic rings. The molecule has 0 bridgehead atoms. The zero-order valence-corrected chi connectivity index (χ0v) is 10.8. The van der Waals surface area contributed by atoms with E-state index in [1.54, 1.807) is 6.07 Å². The van der Waals surface area contributed by atoms with Gasteiger partial charge in [-0.2, -0.15) is 0 Å². The van der Waals surface area contributed by atoms with Crippen molar-refractivity contribution in [3.05, 3.63) is 52.4 Å². The third-order valence-electron chi connectivity index (χ3n) is 2.62. The summed E-state index contributed by atoms with van der Waals surface area (Å²) in [6, 6.07) is 5.52. The van der Waals surface area contributed by atoms with E-state index in [0.29, 0.717) is 11.4 Å². The molecule has 1 aromatic carbocycles. The second-order valence-corrected chi connectivity index (χ2v) is 4.37. The fourth-order valence-electron chi connectivity index (χ4n) is 1.47. The predicted molar refractivity (Wildman–Crippen MR) is 70.9 cm³/mol. The van der Waals surface area contributed by atoms with Crippen molar-refractivity contribution < 1.29 is 4.79 Å². The Hall–Kier alpha value is -1.94. The number of aryl methyl sites for hydroxylation is 2. The van der Waals surface area contributed by atoms with E-state index in [1.807, 2.05) is 26.0 Å². The molecule has 1 heterocycles. The van der Waals surface area contributed by atoms with Gasteiger partial charge in [-0.15, -0.1) is 0 Å². The number of nitrogens with zero attached hydrogens (tertiary/aromatic N) is 2. The summed E-state index contributed by atoms with van der Waals surface area (Å²) in [5.74, 6) is 0.111. The van der Waals surface area contributed by atoms with Crippen molar-refractivity contribution >= 4 is 23.3 Å². The van der Waals surface area contributed by atoms with E-state index in [-0.39, 0.29) is 11.1 Å². The maximum atomic E-state index is 12.0. The number of aromatic nitrogens is 2. The van der Waals surface area contributed by atoms with Gasteiger partial charge >= 0.3 is 0 Å². The molecule has 0 saturated carbocycles. The largest absolute Gasteiger partial charge is 0.305 e. The molecule has 0 unspecified atom stereocenters. The first-order valence-electron chi connectivity index (χ1n) is 5.42. The molecule has 0 aliphatic rings. The van der Waals surface area contributed by atoms with Gasteiger partial charge in [0.25, 0.3) is 5.91 Å². The van der Waals surface area contributed by atoms with Crippen LogP contribution in [0.1, 0.15) is 21.5 Å². The summed E-state index contributed by atoms with van der Waals surface area (Å²) in [7, 11) is 0. The summed E-state index contributed by atoms with van der Waals surface area (Å²) < 4.78 is 0. The van der Waals surface area contributed by atoms with Crippen LogP contribution in [0.4, 0.5) is 5.82 Å². The third-order valence-corrected chi connectivity index (χ3v) is 2.80. The van der Waals surface area contributed by atoms with Gasteiger partial charge in [0, 0.05) is 5.56 Å². The minimum atomic E-state index is -0.227. The van der Waals surface area contributed by atoms with Crippen molar-refractivity contribution in [2.45, 2.75) is 13.8 Å². The van der Waals surface area contributed by atoms with Crippen molar-refractivity contribution in [3.63, 3.8) is 0 Å². The maximum Gasteiger partial charge on any atom is 0.256 e. The van der Waals surface area contributed by atoms with Crippen LogP contribution in [-0.4, -0.2) is 15.9 Å². The van der Waals surface area contributed by atoms with Gasteiger partial charge in [-0.25, -0.2) is 4.98 Å². The lowest BCUT2D eigenvalue weighted by Gasteiger charge is -2.06. The van der Waals surface area contributed by atoms with Gasteiger partial charge in [-0.05, 0) is 37.1 Å². The number of amides is 1. The number of anilines is 1. The first kappa shape index (κ1) is 12.5. The van der Waals surface area contributed by atoms with Crippen molar-refractivity contribution in [2.75, 3.05) is 5.32 Å². The van der Waals surface area contributed by atoms with Crippen molar-refractivity contribution in [1.82, 2.24) is 9.97 Å². The lowest BCUT2D eigenvalue weighted by Crippen LogP contribution is -2.13. The van der Waals surface area contributed by atoms with E-state index in [9.17, 15) is 4.79 Å². The third kappa shape index (κ3) is 2.84. The average Bonchev–Trinajstić information content (AvgIpc) is 2.32. The molecule has 0 fully saturated rings. The van der Waals surface area contributed by atoms with E-state index < -0.39 is 0 Å². The number of hydrogen-bond donors (Lipinski definition) is 1. The summed E-state index contributed by atoms with van der Waals surface area (Å²) in [6.07, 6.45) is 2.86. The Morgan fingerprint density at radius 3 is 2.67 bits per heavy atom.